The van der Waals surface area contributed by atoms with Crippen LogP contribution in [0.5, 0.6) is 0 Å². The van der Waals surface area contributed by atoms with E-state index in [1.54, 1.807) is 4.90 Å². The summed E-state index contributed by atoms with van der Waals surface area (Å²) < 4.78 is 26.3. The van der Waals surface area contributed by atoms with Gasteiger partial charge in [0.05, 0.1) is 5.92 Å². The maximum Gasteiger partial charge on any atom is 0.306 e. The molecule has 0 aromatic heterocycles. The highest BCUT2D eigenvalue weighted by Crippen LogP contribution is 2.49. The number of aliphatic carboxylic acids is 1. The van der Waals surface area contributed by atoms with Gasteiger partial charge in [-0.1, -0.05) is 13.0 Å². The van der Waals surface area contributed by atoms with Crippen molar-refractivity contribution in [3.63, 3.8) is 0 Å². The first-order valence-electron chi connectivity index (χ1n) is 7.85. The fourth-order valence-corrected chi connectivity index (χ4v) is 3.53. The lowest BCUT2D eigenvalue weighted by Gasteiger charge is -2.35. The van der Waals surface area contributed by atoms with Gasteiger partial charge in [0.1, 0.15) is 0 Å². The predicted molar refractivity (Wildman–Crippen MR) is 78.7 cm³/mol. The summed E-state index contributed by atoms with van der Waals surface area (Å²) in [6, 6.07) is 3.77. The van der Waals surface area contributed by atoms with Gasteiger partial charge in [-0.2, -0.15) is 0 Å². The van der Waals surface area contributed by atoms with Gasteiger partial charge in [-0.05, 0) is 42.4 Å². The number of likely N-dealkylation sites (tertiary alicyclic amines) is 1. The lowest BCUT2D eigenvalue weighted by Crippen LogP contribution is -2.45. The molecule has 6 heteroatoms. The second-order valence-corrected chi connectivity index (χ2v) is 6.62. The van der Waals surface area contributed by atoms with Gasteiger partial charge >= 0.3 is 5.97 Å². The highest BCUT2D eigenvalue weighted by Gasteiger charge is 2.47. The van der Waals surface area contributed by atoms with E-state index in [1.165, 1.54) is 6.07 Å². The zero-order valence-corrected chi connectivity index (χ0v) is 12.8. The third-order valence-corrected chi connectivity index (χ3v) is 5.01. The summed E-state index contributed by atoms with van der Waals surface area (Å²) in [4.78, 5) is 25.4. The predicted octanol–water partition coefficient (Wildman–Crippen LogP) is 2.64. The Morgan fingerprint density at radius 1 is 1.22 bits per heavy atom. The maximum absolute atomic E-state index is 13.3. The van der Waals surface area contributed by atoms with Crippen molar-refractivity contribution in [3.8, 4) is 0 Å². The summed E-state index contributed by atoms with van der Waals surface area (Å²) in [5.74, 6) is -3.34. The van der Waals surface area contributed by atoms with E-state index in [1.807, 2.05) is 6.92 Å². The average Bonchev–Trinajstić information content (AvgIpc) is 3.29. The molecule has 4 nitrogen and oxygen atoms in total. The van der Waals surface area contributed by atoms with E-state index in [4.69, 9.17) is 5.11 Å². The molecule has 124 valence electrons. The number of carboxylic acids is 1. The molecule has 1 N–H and O–H groups in total. The fourth-order valence-electron chi connectivity index (χ4n) is 3.53. The molecule has 1 saturated carbocycles. The summed E-state index contributed by atoms with van der Waals surface area (Å²) in [6.07, 6.45) is 1.10. The number of hydrogen-bond acceptors (Lipinski definition) is 2. The molecule has 1 aromatic carbocycles. The van der Waals surface area contributed by atoms with Crippen LogP contribution in [-0.2, 0) is 9.59 Å². The molecule has 1 amide bonds. The van der Waals surface area contributed by atoms with Crippen LogP contribution < -0.4 is 0 Å². The second-order valence-electron chi connectivity index (χ2n) is 6.62. The molecule has 0 bridgehead atoms. The number of carbonyl (C=O) groups is 2. The minimum Gasteiger partial charge on any atom is -0.481 e. The van der Waals surface area contributed by atoms with Crippen LogP contribution >= 0.6 is 0 Å². The maximum atomic E-state index is 13.3. The van der Waals surface area contributed by atoms with Crippen molar-refractivity contribution < 1.29 is 23.5 Å². The van der Waals surface area contributed by atoms with Crippen molar-refractivity contribution in [2.45, 2.75) is 25.7 Å². The van der Waals surface area contributed by atoms with Gasteiger partial charge in [-0.15, -0.1) is 0 Å². The number of piperidine rings is 1. The van der Waals surface area contributed by atoms with Gasteiger partial charge in [-0.25, -0.2) is 8.78 Å². The molecule has 4 atom stereocenters. The molecular formula is C17H19F2NO3. The summed E-state index contributed by atoms with van der Waals surface area (Å²) in [6.45, 7) is 2.73. The Labute approximate surface area is 133 Å². The first-order valence-corrected chi connectivity index (χ1v) is 7.85. The van der Waals surface area contributed by atoms with Gasteiger partial charge < -0.3 is 10.0 Å². The molecular weight excluding hydrogens is 304 g/mol. The Kier molecular flexibility index (Phi) is 4.08. The summed E-state index contributed by atoms with van der Waals surface area (Å²) in [7, 11) is 0. The Balaban J connectivity index is 1.62. The third kappa shape index (κ3) is 3.07. The summed E-state index contributed by atoms with van der Waals surface area (Å²) >= 11 is 0. The van der Waals surface area contributed by atoms with Crippen LogP contribution in [0.15, 0.2) is 18.2 Å². The summed E-state index contributed by atoms with van der Waals surface area (Å²) in [5.41, 5.74) is 0.649. The number of rotatable bonds is 3. The Bertz CT molecular complexity index is 649. The number of benzene rings is 1. The van der Waals surface area contributed by atoms with Crippen LogP contribution in [0.2, 0.25) is 0 Å². The van der Waals surface area contributed by atoms with Gasteiger partial charge in [0.2, 0.25) is 5.91 Å². The average molecular weight is 323 g/mol. The van der Waals surface area contributed by atoms with E-state index in [2.05, 4.69) is 0 Å². The van der Waals surface area contributed by atoms with Crippen LogP contribution in [-0.4, -0.2) is 35.0 Å². The minimum atomic E-state index is -0.892. The van der Waals surface area contributed by atoms with Crippen molar-refractivity contribution in [2.24, 2.45) is 17.8 Å². The molecule has 0 spiro atoms. The zero-order chi connectivity index (χ0) is 16.7. The molecule has 0 radical (unpaired) electrons. The van der Waals surface area contributed by atoms with Crippen molar-refractivity contribution >= 4 is 11.9 Å². The van der Waals surface area contributed by atoms with Crippen molar-refractivity contribution in [3.05, 3.63) is 35.4 Å². The normalized spacial score (nSPS) is 30.1. The van der Waals surface area contributed by atoms with Crippen LogP contribution in [0.4, 0.5) is 8.78 Å². The largest absolute Gasteiger partial charge is 0.481 e. The first kappa shape index (κ1) is 15.9. The Hall–Kier alpha value is -1.98. The van der Waals surface area contributed by atoms with Gasteiger partial charge in [-0.3, -0.25) is 9.59 Å². The van der Waals surface area contributed by atoms with Crippen LogP contribution in [0.25, 0.3) is 0 Å². The van der Waals surface area contributed by atoms with E-state index >= 15 is 0 Å². The van der Waals surface area contributed by atoms with Gasteiger partial charge in [0.25, 0.3) is 0 Å². The number of carboxylic acid groups (broad SMARTS) is 1. The van der Waals surface area contributed by atoms with Crippen molar-refractivity contribution in [1.82, 2.24) is 4.90 Å². The quantitative estimate of drug-likeness (QED) is 0.930. The standard InChI is InChI=1S/C17H19F2NO3/c1-9-8-20(5-4-11(9)17(22)23)16(21)13-7-12(13)10-2-3-14(18)15(19)6-10/h2-3,6,9,11-13H,4-5,7-8H2,1H3,(H,22,23). The second kappa shape index (κ2) is 5.91. The van der Waals surface area contributed by atoms with E-state index in [0.29, 0.717) is 31.5 Å². The molecule has 2 aliphatic rings. The monoisotopic (exact) mass is 323 g/mol. The molecule has 1 aliphatic heterocycles. The van der Waals surface area contributed by atoms with Gasteiger partial charge in [0.15, 0.2) is 11.6 Å². The molecule has 1 saturated heterocycles. The SMILES string of the molecule is CC1CN(C(=O)C2CC2c2ccc(F)c(F)c2)CCC1C(=O)O. The molecule has 3 rings (SSSR count). The van der Waals surface area contributed by atoms with Crippen molar-refractivity contribution in [2.75, 3.05) is 13.1 Å². The molecule has 1 aromatic rings. The lowest BCUT2D eigenvalue weighted by molar-refractivity contribution is -0.148. The topological polar surface area (TPSA) is 57.6 Å². The number of carbonyl (C=O) groups excluding carboxylic acids is 1. The molecule has 1 heterocycles. The summed E-state index contributed by atoms with van der Waals surface area (Å²) in [5, 5.41) is 9.12. The first-order chi connectivity index (χ1) is 10.9. The Morgan fingerprint density at radius 3 is 2.57 bits per heavy atom. The minimum absolute atomic E-state index is 0.00424. The zero-order valence-electron chi connectivity index (χ0n) is 12.8. The van der Waals surface area contributed by atoms with Crippen molar-refractivity contribution in [1.29, 1.82) is 0 Å². The van der Waals surface area contributed by atoms with Crippen LogP contribution in [0, 0.1) is 29.4 Å². The fraction of sp³-hybridized carbons (Fsp3) is 0.529. The van der Waals surface area contributed by atoms with Crippen LogP contribution in [0.1, 0.15) is 31.2 Å². The van der Waals surface area contributed by atoms with E-state index < -0.39 is 23.5 Å². The smallest absolute Gasteiger partial charge is 0.306 e. The molecule has 2 fully saturated rings. The Morgan fingerprint density at radius 2 is 1.96 bits per heavy atom. The van der Waals surface area contributed by atoms with E-state index in [9.17, 15) is 18.4 Å². The number of halogens is 2. The molecule has 23 heavy (non-hydrogen) atoms. The highest BCUT2D eigenvalue weighted by molar-refractivity contribution is 5.83. The van der Waals surface area contributed by atoms with Crippen LogP contribution in [0.3, 0.4) is 0 Å². The number of amides is 1. The third-order valence-electron chi connectivity index (χ3n) is 5.01. The number of nitrogens with zero attached hydrogens (tertiary/aromatic N) is 1. The van der Waals surface area contributed by atoms with Gasteiger partial charge in [0, 0.05) is 19.0 Å². The van der Waals surface area contributed by atoms with E-state index in [0.717, 1.165) is 12.1 Å². The highest BCUT2D eigenvalue weighted by atomic mass is 19.2. The number of hydrogen-bond donors (Lipinski definition) is 1. The van der Waals surface area contributed by atoms with E-state index in [-0.39, 0.29) is 23.7 Å². The molecule has 4 unspecified atom stereocenters. The lowest BCUT2D eigenvalue weighted by atomic mass is 9.87. The molecule has 1 aliphatic carbocycles.